The first-order valence-electron chi connectivity index (χ1n) is 7.19. The maximum atomic E-state index is 13.2. The summed E-state index contributed by atoms with van der Waals surface area (Å²) in [5.74, 6) is 0. The van der Waals surface area contributed by atoms with Crippen LogP contribution in [-0.2, 0) is 4.74 Å². The van der Waals surface area contributed by atoms with E-state index in [1.54, 1.807) is 18.2 Å². The van der Waals surface area contributed by atoms with E-state index in [2.05, 4.69) is 10.2 Å². The van der Waals surface area contributed by atoms with Gasteiger partial charge in [-0.3, -0.25) is 10.2 Å². The average Bonchev–Trinajstić information content (AvgIpc) is 2.47. The standard InChI is InChI=1S/C15H21F3N2O/c1-2-20-8-9-21-13(11-20)10-19-14(15(16,17)18)12-6-4-3-5-7-12/h3-7,13-14,19H,2,8-11H2,1H3. The lowest BCUT2D eigenvalue weighted by Crippen LogP contribution is -2.48. The number of hydrogen-bond acceptors (Lipinski definition) is 3. The molecular weight excluding hydrogens is 281 g/mol. The van der Waals surface area contributed by atoms with Gasteiger partial charge in [0.05, 0.1) is 12.7 Å². The summed E-state index contributed by atoms with van der Waals surface area (Å²) < 4.78 is 45.1. The minimum atomic E-state index is -4.32. The van der Waals surface area contributed by atoms with Gasteiger partial charge >= 0.3 is 6.18 Å². The minimum Gasteiger partial charge on any atom is -0.374 e. The fraction of sp³-hybridized carbons (Fsp3) is 0.600. The average molecular weight is 302 g/mol. The predicted molar refractivity (Wildman–Crippen MR) is 75.1 cm³/mol. The fourth-order valence-corrected chi connectivity index (χ4v) is 2.51. The van der Waals surface area contributed by atoms with Crippen LogP contribution in [0, 0.1) is 0 Å². The van der Waals surface area contributed by atoms with Crippen LogP contribution in [0.3, 0.4) is 0 Å². The molecule has 0 saturated carbocycles. The second-order valence-electron chi connectivity index (χ2n) is 5.18. The predicted octanol–water partition coefficient (Wildman–Crippen LogP) is 2.60. The van der Waals surface area contributed by atoms with Crippen LogP contribution in [-0.4, -0.2) is 50.0 Å². The van der Waals surface area contributed by atoms with Crippen LogP contribution in [0.5, 0.6) is 0 Å². The number of nitrogens with one attached hydrogen (secondary N) is 1. The number of ether oxygens (including phenoxy) is 1. The summed E-state index contributed by atoms with van der Waals surface area (Å²) in [6.07, 6.45) is -4.52. The van der Waals surface area contributed by atoms with Crippen LogP contribution < -0.4 is 5.32 Å². The first kappa shape index (κ1) is 16.3. The molecule has 6 heteroatoms. The van der Waals surface area contributed by atoms with Gasteiger partial charge in [0.25, 0.3) is 0 Å². The van der Waals surface area contributed by atoms with Gasteiger partial charge in [-0.15, -0.1) is 0 Å². The van der Waals surface area contributed by atoms with Crippen molar-refractivity contribution in [2.75, 3.05) is 32.8 Å². The van der Waals surface area contributed by atoms with Crippen molar-refractivity contribution in [3.05, 3.63) is 35.9 Å². The van der Waals surface area contributed by atoms with Gasteiger partial charge in [0.1, 0.15) is 6.04 Å². The number of likely N-dealkylation sites (N-methyl/N-ethyl adjacent to an activating group) is 1. The summed E-state index contributed by atoms with van der Waals surface area (Å²) >= 11 is 0. The SMILES string of the molecule is CCN1CCOC(CNC(c2ccccc2)C(F)(F)F)C1. The van der Waals surface area contributed by atoms with Crippen LogP contribution >= 0.6 is 0 Å². The molecule has 3 nitrogen and oxygen atoms in total. The molecule has 118 valence electrons. The largest absolute Gasteiger partial charge is 0.407 e. The molecule has 1 N–H and O–H groups in total. The Morgan fingerprint density at radius 2 is 2.05 bits per heavy atom. The Kier molecular flexibility index (Phi) is 5.61. The van der Waals surface area contributed by atoms with E-state index in [-0.39, 0.29) is 18.2 Å². The molecule has 21 heavy (non-hydrogen) atoms. The Balaban J connectivity index is 1.97. The summed E-state index contributed by atoms with van der Waals surface area (Å²) in [4.78, 5) is 2.18. The van der Waals surface area contributed by atoms with Crippen molar-refractivity contribution in [3.8, 4) is 0 Å². The lowest BCUT2D eigenvalue weighted by atomic mass is 10.1. The number of benzene rings is 1. The molecule has 1 saturated heterocycles. The van der Waals surface area contributed by atoms with E-state index in [4.69, 9.17) is 4.74 Å². The maximum absolute atomic E-state index is 13.2. The molecule has 1 heterocycles. The fourth-order valence-electron chi connectivity index (χ4n) is 2.51. The number of morpholine rings is 1. The van der Waals surface area contributed by atoms with E-state index in [1.807, 2.05) is 6.92 Å². The highest BCUT2D eigenvalue weighted by Crippen LogP contribution is 2.32. The third kappa shape index (κ3) is 4.69. The van der Waals surface area contributed by atoms with E-state index in [0.29, 0.717) is 13.2 Å². The van der Waals surface area contributed by atoms with Crippen molar-refractivity contribution in [1.82, 2.24) is 10.2 Å². The zero-order valence-electron chi connectivity index (χ0n) is 12.1. The topological polar surface area (TPSA) is 24.5 Å². The zero-order valence-corrected chi connectivity index (χ0v) is 12.1. The van der Waals surface area contributed by atoms with Crippen LogP contribution in [0.4, 0.5) is 13.2 Å². The highest BCUT2D eigenvalue weighted by Gasteiger charge is 2.40. The van der Waals surface area contributed by atoms with Gasteiger partial charge in [-0.25, -0.2) is 0 Å². The van der Waals surface area contributed by atoms with E-state index in [1.165, 1.54) is 12.1 Å². The molecule has 1 fully saturated rings. The first-order valence-corrected chi connectivity index (χ1v) is 7.19. The van der Waals surface area contributed by atoms with Gasteiger partial charge in [0.15, 0.2) is 0 Å². The van der Waals surface area contributed by atoms with Gasteiger partial charge in [-0.1, -0.05) is 37.3 Å². The third-order valence-corrected chi connectivity index (χ3v) is 3.68. The smallest absolute Gasteiger partial charge is 0.374 e. The highest BCUT2D eigenvalue weighted by molar-refractivity contribution is 5.20. The third-order valence-electron chi connectivity index (χ3n) is 3.68. The van der Waals surface area contributed by atoms with Gasteiger partial charge in [-0.05, 0) is 12.1 Å². The van der Waals surface area contributed by atoms with Crippen LogP contribution in [0.15, 0.2) is 30.3 Å². The molecule has 2 atom stereocenters. The molecule has 1 aliphatic heterocycles. The summed E-state index contributed by atoms with van der Waals surface area (Å²) in [5, 5.41) is 2.61. The Bertz CT molecular complexity index is 425. The van der Waals surface area contributed by atoms with Crippen LogP contribution in [0.2, 0.25) is 0 Å². The van der Waals surface area contributed by atoms with E-state index in [0.717, 1.165) is 13.1 Å². The normalized spacial score (nSPS) is 22.2. The van der Waals surface area contributed by atoms with E-state index in [9.17, 15) is 13.2 Å². The van der Waals surface area contributed by atoms with Gasteiger partial charge in [0, 0.05) is 19.6 Å². The Morgan fingerprint density at radius 3 is 2.67 bits per heavy atom. The molecule has 0 bridgehead atoms. The lowest BCUT2D eigenvalue weighted by Gasteiger charge is -2.33. The molecule has 2 unspecified atom stereocenters. The van der Waals surface area contributed by atoms with Crippen molar-refractivity contribution >= 4 is 0 Å². The maximum Gasteiger partial charge on any atom is 0.407 e. The van der Waals surface area contributed by atoms with E-state index >= 15 is 0 Å². The van der Waals surface area contributed by atoms with Crippen molar-refractivity contribution in [1.29, 1.82) is 0 Å². The lowest BCUT2D eigenvalue weighted by molar-refractivity contribution is -0.159. The highest BCUT2D eigenvalue weighted by atomic mass is 19.4. The van der Waals surface area contributed by atoms with Crippen LogP contribution in [0.1, 0.15) is 18.5 Å². The Hall–Kier alpha value is -1.11. The number of alkyl halides is 3. The number of rotatable bonds is 5. The Morgan fingerprint density at radius 1 is 1.33 bits per heavy atom. The first-order chi connectivity index (χ1) is 10.0. The van der Waals surface area contributed by atoms with Gasteiger partial charge < -0.3 is 4.74 Å². The zero-order chi connectivity index (χ0) is 15.3. The van der Waals surface area contributed by atoms with Crippen molar-refractivity contribution in [2.24, 2.45) is 0 Å². The molecule has 0 radical (unpaired) electrons. The molecule has 0 aliphatic carbocycles. The monoisotopic (exact) mass is 302 g/mol. The minimum absolute atomic E-state index is 0.190. The second-order valence-corrected chi connectivity index (χ2v) is 5.18. The quantitative estimate of drug-likeness (QED) is 0.905. The van der Waals surface area contributed by atoms with Crippen molar-refractivity contribution in [2.45, 2.75) is 25.2 Å². The second kappa shape index (κ2) is 7.24. The molecule has 0 aromatic heterocycles. The summed E-state index contributed by atoms with van der Waals surface area (Å²) in [7, 11) is 0. The molecule has 0 spiro atoms. The Labute approximate surface area is 123 Å². The molecule has 1 aromatic rings. The number of hydrogen-bond donors (Lipinski definition) is 1. The molecule has 2 rings (SSSR count). The summed E-state index contributed by atoms with van der Waals surface area (Å²) in [6, 6.07) is 6.27. The molecule has 0 amide bonds. The number of halogens is 3. The summed E-state index contributed by atoms with van der Waals surface area (Å²) in [6.45, 7) is 5.20. The van der Waals surface area contributed by atoms with Crippen molar-refractivity contribution < 1.29 is 17.9 Å². The van der Waals surface area contributed by atoms with Crippen LogP contribution in [0.25, 0.3) is 0 Å². The number of nitrogens with zero attached hydrogens (tertiary/aromatic N) is 1. The molecule has 1 aliphatic rings. The molecule has 1 aromatic carbocycles. The van der Waals surface area contributed by atoms with Crippen molar-refractivity contribution in [3.63, 3.8) is 0 Å². The van der Waals surface area contributed by atoms with Gasteiger partial charge in [0.2, 0.25) is 0 Å². The van der Waals surface area contributed by atoms with Gasteiger partial charge in [-0.2, -0.15) is 13.2 Å². The van der Waals surface area contributed by atoms with E-state index < -0.39 is 12.2 Å². The molecular formula is C15H21F3N2O. The summed E-state index contributed by atoms with van der Waals surface area (Å²) in [5.41, 5.74) is 0.230.